The second kappa shape index (κ2) is 9.15. The molecule has 0 aliphatic carbocycles. The topological polar surface area (TPSA) is 48.0 Å². The molecule has 25 heavy (non-hydrogen) atoms. The van der Waals surface area contributed by atoms with E-state index in [0.29, 0.717) is 50.3 Å². The van der Waals surface area contributed by atoms with Gasteiger partial charge in [-0.05, 0) is 57.5 Å². The zero-order valence-electron chi connectivity index (χ0n) is 15.3. The predicted octanol–water partition coefficient (Wildman–Crippen LogP) is 3.02. The van der Waals surface area contributed by atoms with E-state index < -0.39 is 5.41 Å². The number of likely N-dealkylation sites (tertiary alicyclic amines) is 1. The molecule has 0 bridgehead atoms. The van der Waals surface area contributed by atoms with Crippen LogP contribution in [0.15, 0.2) is 18.2 Å². The lowest BCUT2D eigenvalue weighted by Crippen LogP contribution is -2.45. The summed E-state index contributed by atoms with van der Waals surface area (Å²) in [6, 6.07) is 4.78. The Morgan fingerprint density at radius 3 is 2.60 bits per heavy atom. The number of nitrogens with zero attached hydrogens (tertiary/aromatic N) is 1. The Bertz CT molecular complexity index is 571. The fourth-order valence-corrected chi connectivity index (χ4v) is 3.32. The Balaban J connectivity index is 2.02. The Morgan fingerprint density at radius 1 is 1.28 bits per heavy atom. The van der Waals surface area contributed by atoms with Crippen LogP contribution in [0.1, 0.15) is 31.7 Å². The molecule has 0 amide bonds. The van der Waals surface area contributed by atoms with Gasteiger partial charge < -0.3 is 14.2 Å². The summed E-state index contributed by atoms with van der Waals surface area (Å²) in [5.74, 6) is 0.274. The van der Waals surface area contributed by atoms with Gasteiger partial charge in [0.05, 0.1) is 19.1 Å². The van der Waals surface area contributed by atoms with Crippen molar-refractivity contribution in [2.45, 2.75) is 32.7 Å². The maximum atomic E-state index is 14.0. The van der Waals surface area contributed by atoms with Gasteiger partial charge in [0.1, 0.15) is 11.6 Å². The van der Waals surface area contributed by atoms with Gasteiger partial charge in [0.25, 0.3) is 0 Å². The third kappa shape index (κ3) is 4.92. The number of halogens is 1. The number of carbonyl (C=O) groups is 1. The first-order chi connectivity index (χ1) is 12.0. The van der Waals surface area contributed by atoms with E-state index in [1.54, 1.807) is 26.4 Å². The monoisotopic (exact) mass is 353 g/mol. The molecule has 0 N–H and O–H groups in total. The average Bonchev–Trinajstić information content (AvgIpc) is 2.63. The molecule has 0 radical (unpaired) electrons. The smallest absolute Gasteiger partial charge is 0.312 e. The van der Waals surface area contributed by atoms with Crippen LogP contribution in [0, 0.1) is 11.2 Å². The van der Waals surface area contributed by atoms with Crippen LogP contribution in [-0.2, 0) is 20.8 Å². The molecule has 0 spiro atoms. The second-order valence-corrected chi connectivity index (χ2v) is 6.48. The van der Waals surface area contributed by atoms with Gasteiger partial charge in [0, 0.05) is 25.8 Å². The van der Waals surface area contributed by atoms with Crippen molar-refractivity contribution in [2.24, 2.45) is 5.41 Å². The van der Waals surface area contributed by atoms with E-state index in [1.807, 2.05) is 6.92 Å². The van der Waals surface area contributed by atoms with E-state index >= 15 is 0 Å². The molecule has 1 aromatic carbocycles. The predicted molar refractivity (Wildman–Crippen MR) is 93.0 cm³/mol. The minimum atomic E-state index is -0.491. The molecule has 1 aliphatic heterocycles. The van der Waals surface area contributed by atoms with Crippen LogP contribution in [0.3, 0.4) is 0 Å². The van der Waals surface area contributed by atoms with E-state index in [2.05, 4.69) is 4.90 Å². The Morgan fingerprint density at radius 2 is 2.00 bits per heavy atom. The molecule has 2 rings (SSSR count). The zero-order valence-corrected chi connectivity index (χ0v) is 15.3. The maximum absolute atomic E-state index is 14.0. The summed E-state index contributed by atoms with van der Waals surface area (Å²) >= 11 is 0. The largest absolute Gasteiger partial charge is 0.497 e. The number of hydrogen-bond donors (Lipinski definition) is 0. The van der Waals surface area contributed by atoms with E-state index in [0.717, 1.165) is 13.1 Å². The highest BCUT2D eigenvalue weighted by molar-refractivity contribution is 5.77. The molecule has 1 aromatic rings. The third-order valence-electron chi connectivity index (χ3n) is 4.95. The molecule has 0 atom stereocenters. The van der Waals surface area contributed by atoms with Crippen molar-refractivity contribution in [1.82, 2.24) is 4.90 Å². The normalized spacial score (nSPS) is 17.3. The molecule has 5 nitrogen and oxygen atoms in total. The molecule has 0 aromatic heterocycles. The summed E-state index contributed by atoms with van der Waals surface area (Å²) in [6.07, 6.45) is 2.05. The number of carbonyl (C=O) groups excluding carboxylic acids is 1. The molecular weight excluding hydrogens is 325 g/mol. The number of benzene rings is 1. The van der Waals surface area contributed by atoms with Crippen LogP contribution < -0.4 is 4.74 Å². The third-order valence-corrected chi connectivity index (χ3v) is 4.95. The molecule has 140 valence electrons. The molecule has 6 heteroatoms. The van der Waals surface area contributed by atoms with Gasteiger partial charge >= 0.3 is 5.97 Å². The van der Waals surface area contributed by atoms with E-state index in [4.69, 9.17) is 14.2 Å². The highest BCUT2D eigenvalue weighted by Gasteiger charge is 2.42. The van der Waals surface area contributed by atoms with Crippen molar-refractivity contribution in [3.05, 3.63) is 29.6 Å². The number of piperidine rings is 1. The highest BCUT2D eigenvalue weighted by atomic mass is 19.1. The minimum Gasteiger partial charge on any atom is -0.497 e. The van der Waals surface area contributed by atoms with Crippen molar-refractivity contribution in [2.75, 3.05) is 40.5 Å². The Hall–Kier alpha value is -1.66. The standard InChI is InChI=1S/C19H28FNO4/c1-4-25-18(22)19(9-12-23-2)7-10-21(11-8-19)14-15-13-16(24-3)5-6-17(15)20/h5-6,13H,4,7-12,14H2,1-3H3. The SMILES string of the molecule is CCOC(=O)C1(CCOC)CCN(Cc2cc(OC)ccc2F)CC1. The van der Waals surface area contributed by atoms with E-state index in [9.17, 15) is 9.18 Å². The van der Waals surface area contributed by atoms with Gasteiger partial charge in [0.15, 0.2) is 0 Å². The summed E-state index contributed by atoms with van der Waals surface area (Å²) in [6.45, 7) is 4.68. The van der Waals surface area contributed by atoms with Gasteiger partial charge in [-0.25, -0.2) is 4.39 Å². The number of hydrogen-bond acceptors (Lipinski definition) is 5. The lowest BCUT2D eigenvalue weighted by atomic mass is 9.75. The van der Waals surface area contributed by atoms with Crippen molar-refractivity contribution in [3.63, 3.8) is 0 Å². The highest BCUT2D eigenvalue weighted by Crippen LogP contribution is 2.37. The quantitative estimate of drug-likeness (QED) is 0.673. The second-order valence-electron chi connectivity index (χ2n) is 6.48. The summed E-state index contributed by atoms with van der Waals surface area (Å²) in [5, 5.41) is 0. The zero-order chi connectivity index (χ0) is 18.3. The van der Waals surface area contributed by atoms with E-state index in [1.165, 1.54) is 6.07 Å². The fraction of sp³-hybridized carbons (Fsp3) is 0.632. The number of methoxy groups -OCH3 is 2. The first kappa shape index (κ1) is 19.7. The van der Waals surface area contributed by atoms with Gasteiger partial charge in [-0.3, -0.25) is 9.69 Å². The van der Waals surface area contributed by atoms with Crippen LogP contribution in [0.25, 0.3) is 0 Å². The summed E-state index contributed by atoms with van der Waals surface area (Å²) in [5.41, 5.74) is 0.120. The lowest BCUT2D eigenvalue weighted by Gasteiger charge is -2.40. The molecule has 1 heterocycles. The molecule has 1 fully saturated rings. The summed E-state index contributed by atoms with van der Waals surface area (Å²) < 4.78 is 29.7. The van der Waals surface area contributed by atoms with Crippen LogP contribution in [0.4, 0.5) is 4.39 Å². The average molecular weight is 353 g/mol. The number of ether oxygens (including phenoxy) is 3. The molecule has 0 unspecified atom stereocenters. The van der Waals surface area contributed by atoms with Gasteiger partial charge in [-0.15, -0.1) is 0 Å². The van der Waals surface area contributed by atoms with Crippen LogP contribution >= 0.6 is 0 Å². The molecule has 1 saturated heterocycles. The van der Waals surface area contributed by atoms with Gasteiger partial charge in [0.2, 0.25) is 0 Å². The lowest BCUT2D eigenvalue weighted by molar-refractivity contribution is -0.160. The fourth-order valence-electron chi connectivity index (χ4n) is 3.32. The Labute approximate surface area is 149 Å². The summed E-state index contributed by atoms with van der Waals surface area (Å²) in [7, 11) is 3.21. The van der Waals surface area contributed by atoms with Crippen LogP contribution in [-0.4, -0.2) is 51.4 Å². The van der Waals surface area contributed by atoms with Crippen molar-refractivity contribution < 1.29 is 23.4 Å². The van der Waals surface area contributed by atoms with Gasteiger partial charge in [-0.1, -0.05) is 0 Å². The Kier molecular flexibility index (Phi) is 7.20. The van der Waals surface area contributed by atoms with Crippen LogP contribution in [0.5, 0.6) is 5.75 Å². The molecule has 1 aliphatic rings. The molecule has 0 saturated carbocycles. The van der Waals surface area contributed by atoms with Gasteiger partial charge in [-0.2, -0.15) is 0 Å². The van der Waals surface area contributed by atoms with E-state index in [-0.39, 0.29) is 11.8 Å². The number of rotatable bonds is 8. The first-order valence-corrected chi connectivity index (χ1v) is 8.75. The van der Waals surface area contributed by atoms with Crippen molar-refractivity contribution >= 4 is 5.97 Å². The summed E-state index contributed by atoms with van der Waals surface area (Å²) in [4.78, 5) is 14.6. The van der Waals surface area contributed by atoms with Crippen molar-refractivity contribution in [1.29, 1.82) is 0 Å². The first-order valence-electron chi connectivity index (χ1n) is 8.75. The maximum Gasteiger partial charge on any atom is 0.312 e. The number of esters is 1. The van der Waals surface area contributed by atoms with Crippen molar-refractivity contribution in [3.8, 4) is 5.75 Å². The van der Waals surface area contributed by atoms with Crippen LogP contribution in [0.2, 0.25) is 0 Å². The molecular formula is C19H28FNO4. The minimum absolute atomic E-state index is 0.140.